The highest BCUT2D eigenvalue weighted by Crippen LogP contribution is 2.05. The van der Waals surface area contributed by atoms with Gasteiger partial charge in [-0.1, -0.05) is 13.8 Å². The maximum atomic E-state index is 11.1. The van der Waals surface area contributed by atoms with E-state index >= 15 is 0 Å². The molecule has 0 unspecified atom stereocenters. The number of hydrogen-bond donors (Lipinski definition) is 1. The summed E-state index contributed by atoms with van der Waals surface area (Å²) in [5.74, 6) is -0.138. The van der Waals surface area contributed by atoms with Crippen molar-refractivity contribution in [1.82, 2.24) is 5.32 Å². The van der Waals surface area contributed by atoms with Crippen molar-refractivity contribution < 1.29 is 14.3 Å². The van der Waals surface area contributed by atoms with Crippen molar-refractivity contribution in [2.24, 2.45) is 0 Å². The van der Waals surface area contributed by atoms with E-state index in [1.807, 2.05) is 13.8 Å². The normalized spacial score (nSPS) is 17.2. The van der Waals surface area contributed by atoms with Crippen LogP contribution in [0, 0.1) is 0 Å². The molecule has 0 aromatic rings. The van der Waals surface area contributed by atoms with Gasteiger partial charge in [0.2, 0.25) is 0 Å². The Labute approximate surface area is 78.6 Å². The van der Waals surface area contributed by atoms with Gasteiger partial charge in [0, 0.05) is 12.6 Å². The van der Waals surface area contributed by atoms with E-state index in [1.54, 1.807) is 0 Å². The fourth-order valence-electron chi connectivity index (χ4n) is 0.990. The lowest BCUT2D eigenvalue weighted by Crippen LogP contribution is -2.38. The highest BCUT2D eigenvalue weighted by atomic mass is 16.6. The molecule has 1 fully saturated rings. The van der Waals surface area contributed by atoms with Crippen molar-refractivity contribution >= 4 is 5.97 Å². The Morgan fingerprint density at radius 1 is 1.62 bits per heavy atom. The molecule has 0 bridgehead atoms. The first-order valence-electron chi connectivity index (χ1n) is 4.69. The summed E-state index contributed by atoms with van der Waals surface area (Å²) in [7, 11) is 0. The van der Waals surface area contributed by atoms with E-state index in [1.165, 1.54) is 0 Å². The Balaban J connectivity index is 1.97. The molecule has 1 N–H and O–H groups in total. The van der Waals surface area contributed by atoms with Gasteiger partial charge in [-0.3, -0.25) is 4.79 Å². The lowest BCUT2D eigenvalue weighted by molar-refractivity contribution is -0.172. The lowest BCUT2D eigenvalue weighted by Gasteiger charge is -2.25. The van der Waals surface area contributed by atoms with Gasteiger partial charge in [-0.2, -0.15) is 0 Å². The Morgan fingerprint density at radius 3 is 2.77 bits per heavy atom. The van der Waals surface area contributed by atoms with E-state index in [0.29, 0.717) is 32.2 Å². The summed E-state index contributed by atoms with van der Waals surface area (Å²) in [6.45, 7) is 5.90. The summed E-state index contributed by atoms with van der Waals surface area (Å²) >= 11 is 0. The zero-order chi connectivity index (χ0) is 9.68. The number of nitrogens with one attached hydrogen (secondary N) is 1. The van der Waals surface area contributed by atoms with Crippen LogP contribution >= 0.6 is 0 Å². The summed E-state index contributed by atoms with van der Waals surface area (Å²) in [5.41, 5.74) is 0. The Hall–Kier alpha value is -0.610. The lowest BCUT2D eigenvalue weighted by atomic mass is 10.3. The van der Waals surface area contributed by atoms with Gasteiger partial charge in [0.05, 0.1) is 19.6 Å². The number of ether oxygens (including phenoxy) is 2. The molecule has 1 saturated heterocycles. The Bertz CT molecular complexity index is 166. The van der Waals surface area contributed by atoms with Crippen LogP contribution < -0.4 is 5.32 Å². The number of carbonyl (C=O) groups excluding carboxylic acids is 1. The van der Waals surface area contributed by atoms with E-state index in [2.05, 4.69) is 5.32 Å². The third-order valence-electron chi connectivity index (χ3n) is 1.79. The highest BCUT2D eigenvalue weighted by molar-refractivity contribution is 5.69. The van der Waals surface area contributed by atoms with Crippen molar-refractivity contribution in [3.63, 3.8) is 0 Å². The van der Waals surface area contributed by atoms with Crippen LogP contribution in [0.3, 0.4) is 0 Å². The predicted molar refractivity (Wildman–Crippen MR) is 48.5 cm³/mol. The molecule has 4 nitrogen and oxygen atoms in total. The molecule has 1 rings (SSSR count). The molecule has 0 amide bonds. The second-order valence-electron chi connectivity index (χ2n) is 3.51. The number of carbonyl (C=O) groups is 1. The first kappa shape index (κ1) is 10.5. The van der Waals surface area contributed by atoms with Crippen LogP contribution in [0.15, 0.2) is 0 Å². The minimum atomic E-state index is -0.138. The van der Waals surface area contributed by atoms with Gasteiger partial charge in [0.25, 0.3) is 0 Å². The molecule has 1 aliphatic heterocycles. The van der Waals surface area contributed by atoms with Crippen molar-refractivity contribution in [2.45, 2.75) is 32.4 Å². The SMILES string of the molecule is CC(C)NCCC(=O)OC1COC1. The van der Waals surface area contributed by atoms with Gasteiger partial charge in [-0.25, -0.2) is 0 Å². The summed E-state index contributed by atoms with van der Waals surface area (Å²) in [5, 5.41) is 3.15. The Kier molecular flexibility index (Phi) is 4.18. The van der Waals surface area contributed by atoms with Crippen LogP contribution in [0.2, 0.25) is 0 Å². The third-order valence-corrected chi connectivity index (χ3v) is 1.79. The summed E-state index contributed by atoms with van der Waals surface area (Å²) in [4.78, 5) is 11.1. The minimum absolute atomic E-state index is 0.00606. The van der Waals surface area contributed by atoms with E-state index in [9.17, 15) is 4.79 Å². The van der Waals surface area contributed by atoms with E-state index < -0.39 is 0 Å². The summed E-state index contributed by atoms with van der Waals surface area (Å²) < 4.78 is 9.95. The molecular formula is C9H17NO3. The van der Waals surface area contributed by atoms with Gasteiger partial charge in [-0.05, 0) is 0 Å². The fourth-order valence-corrected chi connectivity index (χ4v) is 0.990. The molecule has 0 saturated carbocycles. The second kappa shape index (κ2) is 5.19. The van der Waals surface area contributed by atoms with Gasteiger partial charge in [-0.15, -0.1) is 0 Å². The standard InChI is InChI=1S/C9H17NO3/c1-7(2)10-4-3-9(11)13-8-5-12-6-8/h7-8,10H,3-6H2,1-2H3. The van der Waals surface area contributed by atoms with E-state index in [0.717, 1.165) is 0 Å². The molecule has 0 aliphatic carbocycles. The molecular weight excluding hydrogens is 170 g/mol. The smallest absolute Gasteiger partial charge is 0.307 e. The molecule has 76 valence electrons. The largest absolute Gasteiger partial charge is 0.457 e. The van der Waals surface area contributed by atoms with Crippen molar-refractivity contribution in [2.75, 3.05) is 19.8 Å². The second-order valence-corrected chi connectivity index (χ2v) is 3.51. The number of hydrogen-bond acceptors (Lipinski definition) is 4. The van der Waals surface area contributed by atoms with Crippen LogP contribution in [-0.4, -0.2) is 37.9 Å². The van der Waals surface area contributed by atoms with Gasteiger partial charge >= 0.3 is 5.97 Å². The summed E-state index contributed by atoms with van der Waals surface area (Å²) in [6.07, 6.45) is 0.445. The Morgan fingerprint density at radius 2 is 2.31 bits per heavy atom. The van der Waals surface area contributed by atoms with Gasteiger partial charge in [0.15, 0.2) is 0 Å². The minimum Gasteiger partial charge on any atom is -0.457 e. The van der Waals surface area contributed by atoms with Crippen LogP contribution in [0.25, 0.3) is 0 Å². The monoisotopic (exact) mass is 187 g/mol. The van der Waals surface area contributed by atoms with Gasteiger partial charge < -0.3 is 14.8 Å². The maximum absolute atomic E-state index is 11.1. The van der Waals surface area contributed by atoms with Crippen molar-refractivity contribution in [3.05, 3.63) is 0 Å². The average Bonchev–Trinajstić information content (AvgIpc) is 1.96. The van der Waals surface area contributed by atoms with Crippen LogP contribution in [0.1, 0.15) is 20.3 Å². The first-order chi connectivity index (χ1) is 6.18. The summed E-state index contributed by atoms with van der Waals surface area (Å²) in [6, 6.07) is 0.417. The zero-order valence-corrected chi connectivity index (χ0v) is 8.21. The van der Waals surface area contributed by atoms with E-state index in [4.69, 9.17) is 9.47 Å². The molecule has 1 aliphatic rings. The zero-order valence-electron chi connectivity index (χ0n) is 8.21. The quantitative estimate of drug-likeness (QED) is 0.629. The molecule has 0 atom stereocenters. The topological polar surface area (TPSA) is 47.6 Å². The highest BCUT2D eigenvalue weighted by Gasteiger charge is 2.22. The number of esters is 1. The molecule has 0 spiro atoms. The molecule has 4 heteroatoms. The van der Waals surface area contributed by atoms with Crippen LogP contribution in [0.5, 0.6) is 0 Å². The maximum Gasteiger partial charge on any atom is 0.307 e. The molecule has 13 heavy (non-hydrogen) atoms. The fraction of sp³-hybridized carbons (Fsp3) is 0.889. The van der Waals surface area contributed by atoms with Gasteiger partial charge in [0.1, 0.15) is 6.10 Å². The predicted octanol–water partition coefficient (Wildman–Crippen LogP) is 0.316. The third kappa shape index (κ3) is 4.24. The van der Waals surface area contributed by atoms with Crippen molar-refractivity contribution in [3.8, 4) is 0 Å². The molecule has 0 aromatic carbocycles. The average molecular weight is 187 g/mol. The first-order valence-corrected chi connectivity index (χ1v) is 4.69. The van der Waals surface area contributed by atoms with Crippen LogP contribution in [0.4, 0.5) is 0 Å². The molecule has 1 heterocycles. The van der Waals surface area contributed by atoms with Crippen molar-refractivity contribution in [1.29, 1.82) is 0 Å². The van der Waals surface area contributed by atoms with E-state index in [-0.39, 0.29) is 12.1 Å². The van der Waals surface area contributed by atoms with Crippen LogP contribution in [-0.2, 0) is 14.3 Å². The molecule has 0 radical (unpaired) electrons. The molecule has 0 aromatic heterocycles. The number of rotatable bonds is 5.